The molecule has 2 N–H and O–H groups in total. The molecule has 1 aliphatic heterocycles. The van der Waals surface area contributed by atoms with E-state index in [-0.39, 0.29) is 36.8 Å². The lowest BCUT2D eigenvalue weighted by Gasteiger charge is -2.38. The number of amides is 2. The lowest BCUT2D eigenvalue weighted by Crippen LogP contribution is -2.49. The Balaban J connectivity index is 1.65. The van der Waals surface area contributed by atoms with Crippen molar-refractivity contribution in [2.24, 2.45) is 11.7 Å². The minimum Gasteiger partial charge on any atom is -0.490 e. The maximum atomic E-state index is 12.5. The van der Waals surface area contributed by atoms with Gasteiger partial charge in [0.15, 0.2) is 0 Å². The summed E-state index contributed by atoms with van der Waals surface area (Å²) in [4.78, 5) is 29.7. The van der Waals surface area contributed by atoms with E-state index in [2.05, 4.69) is 4.98 Å². The summed E-state index contributed by atoms with van der Waals surface area (Å²) in [6, 6.07) is 9.51. The summed E-state index contributed by atoms with van der Waals surface area (Å²) < 4.78 is 7.78. The van der Waals surface area contributed by atoms with E-state index in [1.165, 1.54) is 0 Å². The van der Waals surface area contributed by atoms with Crippen molar-refractivity contribution in [3.8, 4) is 5.75 Å². The minimum absolute atomic E-state index is 0.00521. The maximum absolute atomic E-state index is 12.5. The van der Waals surface area contributed by atoms with Gasteiger partial charge in [0.2, 0.25) is 11.8 Å². The quantitative estimate of drug-likeness (QED) is 0.850. The fourth-order valence-electron chi connectivity index (χ4n) is 3.16. The van der Waals surface area contributed by atoms with Crippen molar-refractivity contribution in [2.45, 2.75) is 25.5 Å². The van der Waals surface area contributed by atoms with Gasteiger partial charge in [-0.2, -0.15) is 0 Å². The molecule has 132 valence electrons. The Bertz CT molecular complexity index is 702. The summed E-state index contributed by atoms with van der Waals surface area (Å²) in [5.41, 5.74) is 5.40. The predicted molar refractivity (Wildman–Crippen MR) is 91.6 cm³/mol. The Kier molecular flexibility index (Phi) is 5.33. The maximum Gasteiger partial charge on any atom is 0.242 e. The third kappa shape index (κ3) is 4.59. The number of benzene rings is 1. The van der Waals surface area contributed by atoms with Crippen LogP contribution in [-0.4, -0.2) is 45.5 Å². The molecule has 2 atom stereocenters. The molecule has 25 heavy (non-hydrogen) atoms. The first-order valence-corrected chi connectivity index (χ1v) is 8.35. The van der Waals surface area contributed by atoms with Crippen molar-refractivity contribution in [1.82, 2.24) is 14.5 Å². The minimum atomic E-state index is -0.379. The van der Waals surface area contributed by atoms with Gasteiger partial charge >= 0.3 is 0 Å². The topological polar surface area (TPSA) is 90.5 Å². The molecule has 7 nitrogen and oxygen atoms in total. The van der Waals surface area contributed by atoms with Crippen molar-refractivity contribution in [3.63, 3.8) is 0 Å². The van der Waals surface area contributed by atoms with Gasteiger partial charge in [-0.15, -0.1) is 0 Å². The largest absolute Gasteiger partial charge is 0.490 e. The SMILES string of the molecule is NC(=O)C[C@H]1CN(C(=O)Cn2ccnc2)CC[C@@H]1Oc1ccccc1. The second-order valence-corrected chi connectivity index (χ2v) is 6.26. The predicted octanol–water partition coefficient (Wildman–Crippen LogP) is 1.05. The molecule has 3 rings (SSSR count). The van der Waals surface area contributed by atoms with Crippen molar-refractivity contribution < 1.29 is 14.3 Å². The van der Waals surface area contributed by atoms with Crippen LogP contribution in [0.4, 0.5) is 0 Å². The zero-order chi connectivity index (χ0) is 17.6. The number of nitrogens with two attached hydrogens (primary N) is 1. The van der Waals surface area contributed by atoms with Crippen LogP contribution in [0.2, 0.25) is 0 Å². The summed E-state index contributed by atoms with van der Waals surface area (Å²) in [7, 11) is 0. The number of likely N-dealkylation sites (tertiary alicyclic amines) is 1. The summed E-state index contributed by atoms with van der Waals surface area (Å²) in [6.07, 6.45) is 5.75. The van der Waals surface area contributed by atoms with Crippen LogP contribution in [0.1, 0.15) is 12.8 Å². The van der Waals surface area contributed by atoms with E-state index in [1.54, 1.807) is 28.2 Å². The molecule has 0 unspecified atom stereocenters. The van der Waals surface area contributed by atoms with E-state index < -0.39 is 0 Å². The summed E-state index contributed by atoms with van der Waals surface area (Å²) in [6.45, 7) is 1.31. The van der Waals surface area contributed by atoms with Crippen LogP contribution < -0.4 is 10.5 Å². The Labute approximate surface area is 146 Å². The van der Waals surface area contributed by atoms with E-state index in [0.29, 0.717) is 19.5 Å². The number of hydrogen-bond acceptors (Lipinski definition) is 4. The zero-order valence-electron chi connectivity index (χ0n) is 14.0. The van der Waals surface area contributed by atoms with E-state index in [0.717, 1.165) is 5.75 Å². The number of carbonyl (C=O) groups excluding carboxylic acids is 2. The molecule has 2 aromatic rings. The smallest absolute Gasteiger partial charge is 0.242 e. The zero-order valence-corrected chi connectivity index (χ0v) is 14.0. The van der Waals surface area contributed by atoms with Crippen LogP contribution in [0, 0.1) is 5.92 Å². The number of primary amides is 1. The first-order chi connectivity index (χ1) is 12.1. The van der Waals surface area contributed by atoms with Gasteiger partial charge in [-0.3, -0.25) is 9.59 Å². The molecule has 0 spiro atoms. The number of hydrogen-bond donors (Lipinski definition) is 1. The molecule has 0 bridgehead atoms. The highest BCUT2D eigenvalue weighted by Crippen LogP contribution is 2.25. The third-order valence-electron chi connectivity index (χ3n) is 4.39. The molecule has 1 aromatic carbocycles. The molecule has 0 radical (unpaired) electrons. The molecule has 1 saturated heterocycles. The van der Waals surface area contributed by atoms with Crippen LogP contribution >= 0.6 is 0 Å². The Morgan fingerprint density at radius 1 is 1.28 bits per heavy atom. The van der Waals surface area contributed by atoms with Gasteiger partial charge < -0.3 is 19.9 Å². The van der Waals surface area contributed by atoms with Crippen LogP contribution in [-0.2, 0) is 16.1 Å². The van der Waals surface area contributed by atoms with E-state index >= 15 is 0 Å². The van der Waals surface area contributed by atoms with Gasteiger partial charge in [0.05, 0.1) is 6.33 Å². The Hall–Kier alpha value is -2.83. The number of aromatic nitrogens is 2. The molecule has 7 heteroatoms. The highest BCUT2D eigenvalue weighted by Gasteiger charge is 2.33. The molecule has 1 aliphatic rings. The molecule has 0 saturated carbocycles. The average molecular weight is 342 g/mol. The van der Waals surface area contributed by atoms with E-state index in [1.807, 2.05) is 30.3 Å². The monoisotopic (exact) mass is 342 g/mol. The van der Waals surface area contributed by atoms with Gasteiger partial charge in [0, 0.05) is 44.2 Å². The summed E-state index contributed by atoms with van der Waals surface area (Å²) in [5.74, 6) is 0.277. The number of ether oxygens (including phenoxy) is 1. The van der Waals surface area contributed by atoms with E-state index in [4.69, 9.17) is 10.5 Å². The fraction of sp³-hybridized carbons (Fsp3) is 0.389. The number of nitrogens with zero attached hydrogens (tertiary/aromatic N) is 3. The van der Waals surface area contributed by atoms with Gasteiger partial charge in [0.1, 0.15) is 18.4 Å². The van der Waals surface area contributed by atoms with Crippen molar-refractivity contribution in [1.29, 1.82) is 0 Å². The Morgan fingerprint density at radius 2 is 2.08 bits per heavy atom. The van der Waals surface area contributed by atoms with Crippen LogP contribution in [0.5, 0.6) is 5.75 Å². The number of imidazole rings is 1. The third-order valence-corrected chi connectivity index (χ3v) is 4.39. The van der Waals surface area contributed by atoms with Crippen molar-refractivity contribution in [3.05, 3.63) is 49.1 Å². The second kappa shape index (κ2) is 7.83. The van der Waals surface area contributed by atoms with Crippen LogP contribution in [0.15, 0.2) is 49.1 Å². The standard InChI is InChI=1S/C18H22N4O3/c19-17(23)10-14-11-22(18(24)12-21-9-7-20-13-21)8-6-16(14)25-15-4-2-1-3-5-15/h1-5,7,9,13-14,16H,6,8,10-12H2,(H2,19,23)/t14-,16-/m0/s1. The first-order valence-electron chi connectivity index (χ1n) is 8.35. The van der Waals surface area contributed by atoms with Gasteiger partial charge in [-0.1, -0.05) is 18.2 Å². The normalized spacial score (nSPS) is 20.2. The number of para-hydroxylation sites is 1. The van der Waals surface area contributed by atoms with Gasteiger partial charge in [-0.05, 0) is 12.1 Å². The summed E-state index contributed by atoms with van der Waals surface area (Å²) >= 11 is 0. The van der Waals surface area contributed by atoms with Crippen LogP contribution in [0.3, 0.4) is 0 Å². The second-order valence-electron chi connectivity index (χ2n) is 6.26. The first kappa shape index (κ1) is 17.0. The average Bonchev–Trinajstić information content (AvgIpc) is 3.10. The highest BCUT2D eigenvalue weighted by atomic mass is 16.5. The number of piperidine rings is 1. The molecule has 2 amide bonds. The summed E-state index contributed by atoms with van der Waals surface area (Å²) in [5, 5.41) is 0. The molecule has 0 aliphatic carbocycles. The van der Waals surface area contributed by atoms with Gasteiger partial charge in [0.25, 0.3) is 0 Å². The van der Waals surface area contributed by atoms with Crippen molar-refractivity contribution in [2.75, 3.05) is 13.1 Å². The lowest BCUT2D eigenvalue weighted by atomic mass is 9.91. The number of rotatable bonds is 6. The lowest BCUT2D eigenvalue weighted by molar-refractivity contribution is -0.136. The molecule has 1 aromatic heterocycles. The Morgan fingerprint density at radius 3 is 2.76 bits per heavy atom. The van der Waals surface area contributed by atoms with Gasteiger partial charge in [-0.25, -0.2) is 4.98 Å². The molecule has 2 heterocycles. The molecular formula is C18H22N4O3. The molecular weight excluding hydrogens is 320 g/mol. The van der Waals surface area contributed by atoms with Crippen molar-refractivity contribution >= 4 is 11.8 Å². The van der Waals surface area contributed by atoms with Crippen LogP contribution in [0.25, 0.3) is 0 Å². The molecule has 1 fully saturated rings. The fourth-order valence-corrected chi connectivity index (χ4v) is 3.16. The number of carbonyl (C=O) groups is 2. The van der Waals surface area contributed by atoms with E-state index in [9.17, 15) is 9.59 Å². The highest BCUT2D eigenvalue weighted by molar-refractivity contribution is 5.77.